The van der Waals surface area contributed by atoms with Gasteiger partial charge in [0.1, 0.15) is 0 Å². The number of anilines is 1. The van der Waals surface area contributed by atoms with E-state index in [1.807, 2.05) is 0 Å². The van der Waals surface area contributed by atoms with Crippen LogP contribution in [0.1, 0.15) is 12.0 Å². The smallest absolute Gasteiger partial charge is 0.238 e. The Balaban J connectivity index is 2.04. The lowest BCUT2D eigenvalue weighted by molar-refractivity contribution is -0.117. The fraction of sp³-hybridized carbons (Fsp3) is 0.462. The Hall–Kier alpha value is -1.48. The molecule has 8 heteroatoms. The second-order valence-corrected chi connectivity index (χ2v) is 6.53. The Kier molecular flexibility index (Phi) is 4.94. The fourth-order valence-corrected chi connectivity index (χ4v) is 2.98. The summed E-state index contributed by atoms with van der Waals surface area (Å²) in [6.45, 7) is 3.50. The molecule has 0 saturated carbocycles. The fourth-order valence-electron chi connectivity index (χ4n) is 2.17. The number of amides is 1. The standard InChI is InChI=1S/C13H19N3O4S/c1-9-2-3-10(6-12(9)21(14,18)19)16-13(17)7-11-8-20-5-4-15-11/h2-3,6,11,15H,4-5,7-8H2,1H3,(H,16,17)(H2,14,18,19). The maximum Gasteiger partial charge on any atom is 0.238 e. The first-order valence-electron chi connectivity index (χ1n) is 6.60. The molecule has 1 aromatic carbocycles. The van der Waals surface area contributed by atoms with Crippen molar-refractivity contribution in [3.63, 3.8) is 0 Å². The summed E-state index contributed by atoms with van der Waals surface area (Å²) in [5, 5.41) is 11.0. The molecule has 1 aliphatic heterocycles. The number of carbonyl (C=O) groups is 1. The van der Waals surface area contributed by atoms with Gasteiger partial charge in [-0.1, -0.05) is 6.07 Å². The number of rotatable bonds is 4. The number of primary sulfonamides is 1. The highest BCUT2D eigenvalue weighted by atomic mass is 32.2. The number of morpholine rings is 1. The van der Waals surface area contributed by atoms with Gasteiger partial charge < -0.3 is 15.4 Å². The van der Waals surface area contributed by atoms with E-state index in [-0.39, 0.29) is 23.3 Å². The summed E-state index contributed by atoms with van der Waals surface area (Å²) in [4.78, 5) is 12.0. The summed E-state index contributed by atoms with van der Waals surface area (Å²) >= 11 is 0. The lowest BCUT2D eigenvalue weighted by Gasteiger charge is -2.23. The van der Waals surface area contributed by atoms with Crippen LogP contribution in [0.3, 0.4) is 0 Å². The third-order valence-corrected chi connectivity index (χ3v) is 4.26. The number of benzene rings is 1. The minimum Gasteiger partial charge on any atom is -0.378 e. The van der Waals surface area contributed by atoms with E-state index in [4.69, 9.17) is 9.88 Å². The molecule has 0 spiro atoms. The molecule has 0 aliphatic carbocycles. The summed E-state index contributed by atoms with van der Waals surface area (Å²) in [7, 11) is -3.80. The van der Waals surface area contributed by atoms with Crippen molar-refractivity contribution in [2.75, 3.05) is 25.1 Å². The van der Waals surface area contributed by atoms with E-state index >= 15 is 0 Å². The average molecular weight is 313 g/mol. The Morgan fingerprint density at radius 1 is 1.52 bits per heavy atom. The van der Waals surface area contributed by atoms with Crippen molar-refractivity contribution in [3.8, 4) is 0 Å². The van der Waals surface area contributed by atoms with Gasteiger partial charge in [-0.3, -0.25) is 4.79 Å². The largest absolute Gasteiger partial charge is 0.378 e. The maximum absolute atomic E-state index is 11.9. The van der Waals surface area contributed by atoms with Gasteiger partial charge in [-0.25, -0.2) is 13.6 Å². The van der Waals surface area contributed by atoms with Crippen LogP contribution in [0.25, 0.3) is 0 Å². The van der Waals surface area contributed by atoms with Crippen LogP contribution in [0.4, 0.5) is 5.69 Å². The lowest BCUT2D eigenvalue weighted by Crippen LogP contribution is -2.43. The zero-order valence-electron chi connectivity index (χ0n) is 11.8. The van der Waals surface area contributed by atoms with Crippen molar-refractivity contribution in [2.45, 2.75) is 24.3 Å². The molecule has 1 fully saturated rings. The molecule has 2 rings (SSSR count). The number of sulfonamides is 1. The predicted octanol–water partition coefficient (Wildman–Crippen LogP) is -0.0406. The summed E-state index contributed by atoms with van der Waals surface area (Å²) in [6, 6.07) is 4.60. The second kappa shape index (κ2) is 6.52. The predicted molar refractivity (Wildman–Crippen MR) is 78.4 cm³/mol. The molecule has 1 atom stereocenters. The van der Waals surface area contributed by atoms with E-state index in [0.29, 0.717) is 24.5 Å². The van der Waals surface area contributed by atoms with Crippen LogP contribution in [-0.2, 0) is 19.6 Å². The van der Waals surface area contributed by atoms with Crippen LogP contribution < -0.4 is 15.8 Å². The third kappa shape index (κ3) is 4.50. The minimum absolute atomic E-state index is 0.0134. The van der Waals surface area contributed by atoms with Gasteiger partial charge in [0.05, 0.1) is 18.1 Å². The third-order valence-electron chi connectivity index (χ3n) is 3.21. The first kappa shape index (κ1) is 15.9. The Labute approximate surface area is 123 Å². The van der Waals surface area contributed by atoms with Gasteiger partial charge in [0.25, 0.3) is 0 Å². The molecule has 0 bridgehead atoms. The van der Waals surface area contributed by atoms with E-state index in [1.165, 1.54) is 6.07 Å². The Bertz CT molecular complexity index is 624. The quantitative estimate of drug-likeness (QED) is 0.722. The van der Waals surface area contributed by atoms with Gasteiger partial charge in [0, 0.05) is 24.7 Å². The second-order valence-electron chi connectivity index (χ2n) is 5.00. The first-order valence-corrected chi connectivity index (χ1v) is 8.15. The molecule has 1 heterocycles. The van der Waals surface area contributed by atoms with Crippen molar-refractivity contribution in [1.29, 1.82) is 0 Å². The van der Waals surface area contributed by atoms with Gasteiger partial charge in [-0.15, -0.1) is 0 Å². The Morgan fingerprint density at radius 3 is 2.90 bits per heavy atom. The van der Waals surface area contributed by atoms with Crippen molar-refractivity contribution < 1.29 is 17.9 Å². The highest BCUT2D eigenvalue weighted by molar-refractivity contribution is 7.89. The number of ether oxygens (including phenoxy) is 1. The molecular weight excluding hydrogens is 294 g/mol. The number of hydrogen-bond donors (Lipinski definition) is 3. The number of aryl methyl sites for hydroxylation is 1. The molecule has 1 amide bonds. The molecule has 0 aromatic heterocycles. The monoisotopic (exact) mass is 313 g/mol. The van der Waals surface area contributed by atoms with Gasteiger partial charge >= 0.3 is 0 Å². The zero-order valence-corrected chi connectivity index (χ0v) is 12.6. The molecule has 1 aliphatic rings. The number of nitrogens with one attached hydrogen (secondary N) is 2. The molecule has 0 radical (unpaired) electrons. The van der Waals surface area contributed by atoms with Crippen molar-refractivity contribution in [2.24, 2.45) is 5.14 Å². The molecule has 1 unspecified atom stereocenters. The number of carbonyl (C=O) groups excluding carboxylic acids is 1. The summed E-state index contributed by atoms with van der Waals surface area (Å²) < 4.78 is 28.2. The highest BCUT2D eigenvalue weighted by Gasteiger charge is 2.18. The van der Waals surface area contributed by atoms with Crippen LogP contribution in [0.15, 0.2) is 23.1 Å². The minimum atomic E-state index is -3.80. The molecule has 1 aromatic rings. The van der Waals surface area contributed by atoms with E-state index in [9.17, 15) is 13.2 Å². The van der Waals surface area contributed by atoms with Crippen LogP contribution in [0.2, 0.25) is 0 Å². The van der Waals surface area contributed by atoms with Crippen LogP contribution in [-0.4, -0.2) is 40.1 Å². The van der Waals surface area contributed by atoms with Crippen molar-refractivity contribution >= 4 is 21.6 Å². The molecule has 21 heavy (non-hydrogen) atoms. The Morgan fingerprint density at radius 2 is 2.29 bits per heavy atom. The topological polar surface area (TPSA) is 111 Å². The summed E-state index contributed by atoms with van der Waals surface area (Å²) in [6.07, 6.45) is 0.262. The van der Waals surface area contributed by atoms with Crippen molar-refractivity contribution in [3.05, 3.63) is 23.8 Å². The van der Waals surface area contributed by atoms with Gasteiger partial charge in [0.15, 0.2) is 0 Å². The first-order chi connectivity index (χ1) is 9.86. The van der Waals surface area contributed by atoms with Crippen molar-refractivity contribution in [1.82, 2.24) is 5.32 Å². The highest BCUT2D eigenvalue weighted by Crippen LogP contribution is 2.19. The van der Waals surface area contributed by atoms with E-state index in [0.717, 1.165) is 6.54 Å². The number of nitrogens with two attached hydrogens (primary N) is 1. The molecule has 7 nitrogen and oxygen atoms in total. The van der Waals surface area contributed by atoms with Crippen LogP contribution >= 0.6 is 0 Å². The number of hydrogen-bond acceptors (Lipinski definition) is 5. The maximum atomic E-state index is 11.9. The van der Waals surface area contributed by atoms with E-state index < -0.39 is 10.0 Å². The SMILES string of the molecule is Cc1ccc(NC(=O)CC2COCCN2)cc1S(N)(=O)=O. The summed E-state index contributed by atoms with van der Waals surface area (Å²) in [5.74, 6) is -0.206. The average Bonchev–Trinajstić information content (AvgIpc) is 2.41. The van der Waals surface area contributed by atoms with Crippen LogP contribution in [0.5, 0.6) is 0 Å². The summed E-state index contributed by atoms with van der Waals surface area (Å²) in [5.41, 5.74) is 0.948. The molecule has 4 N–H and O–H groups in total. The molecule has 116 valence electrons. The van der Waals surface area contributed by atoms with Crippen LogP contribution in [0, 0.1) is 6.92 Å². The normalized spacial score (nSPS) is 19.2. The molecular formula is C13H19N3O4S. The lowest BCUT2D eigenvalue weighted by atomic mass is 10.2. The van der Waals surface area contributed by atoms with Gasteiger partial charge in [-0.05, 0) is 24.6 Å². The zero-order chi connectivity index (χ0) is 15.5. The van der Waals surface area contributed by atoms with E-state index in [2.05, 4.69) is 10.6 Å². The van der Waals surface area contributed by atoms with Gasteiger partial charge in [-0.2, -0.15) is 0 Å². The van der Waals surface area contributed by atoms with E-state index in [1.54, 1.807) is 19.1 Å². The van der Waals surface area contributed by atoms with Gasteiger partial charge in [0.2, 0.25) is 15.9 Å². The molecule has 1 saturated heterocycles.